The minimum absolute atomic E-state index is 0.927. The first-order valence-electron chi connectivity index (χ1n) is 4.55. The van der Waals surface area contributed by atoms with E-state index >= 15 is 0 Å². The molecule has 0 unspecified atom stereocenters. The average Bonchev–Trinajstić information content (AvgIpc) is 2.26. The van der Waals surface area contributed by atoms with Crippen LogP contribution < -0.4 is 5.32 Å². The lowest BCUT2D eigenvalue weighted by atomic mass is 9.98. The zero-order valence-electron chi connectivity index (χ0n) is 7.54. The van der Waals surface area contributed by atoms with Crippen LogP contribution in [0.4, 0.5) is 5.82 Å². The quantitative estimate of drug-likeness (QED) is 0.619. The summed E-state index contributed by atoms with van der Waals surface area (Å²) in [7, 11) is 0. The molecular weight excluding hydrogens is 172 g/mol. The second kappa shape index (κ2) is 2.74. The molecule has 2 heteroatoms. The van der Waals surface area contributed by atoms with E-state index < -0.39 is 0 Å². The fraction of sp³-hybridized carbons (Fsp3) is 0.0833. The Balaban J connectivity index is 2.17. The minimum Gasteiger partial charge on any atom is -0.333 e. The number of pyridine rings is 1. The van der Waals surface area contributed by atoms with Crippen LogP contribution in [0.15, 0.2) is 53.2 Å². The molecule has 0 bridgehead atoms. The summed E-state index contributed by atoms with van der Waals surface area (Å²) in [5.41, 5.74) is 9.48. The third-order valence-corrected chi connectivity index (χ3v) is 2.40. The van der Waals surface area contributed by atoms with Gasteiger partial charge in [0.25, 0.3) is 0 Å². The highest BCUT2D eigenvalue weighted by molar-refractivity contribution is 5.61. The van der Waals surface area contributed by atoms with E-state index in [0.717, 1.165) is 17.9 Å². The zero-order chi connectivity index (χ0) is 9.38. The molecule has 0 aromatic carbocycles. The van der Waals surface area contributed by atoms with Crippen LogP contribution in [0.25, 0.3) is 0 Å². The molecule has 0 saturated heterocycles. The third kappa shape index (κ3) is 1.03. The van der Waals surface area contributed by atoms with Gasteiger partial charge in [-0.05, 0) is 35.1 Å². The van der Waals surface area contributed by atoms with Crippen LogP contribution in [0.1, 0.15) is 5.56 Å². The molecular formula is C12H8N2. The summed E-state index contributed by atoms with van der Waals surface area (Å²) in [6, 6.07) is 4.05. The summed E-state index contributed by atoms with van der Waals surface area (Å²) in [6.45, 7) is 0. The average molecular weight is 180 g/mol. The Morgan fingerprint density at radius 2 is 2.43 bits per heavy atom. The van der Waals surface area contributed by atoms with E-state index in [2.05, 4.69) is 33.9 Å². The van der Waals surface area contributed by atoms with Crippen molar-refractivity contribution in [2.45, 2.75) is 6.42 Å². The molecule has 3 rings (SSSR count). The number of nitrogens with zero attached hydrogens (tertiary/aromatic N) is 1. The van der Waals surface area contributed by atoms with Crippen molar-refractivity contribution >= 4 is 5.82 Å². The van der Waals surface area contributed by atoms with E-state index in [1.165, 1.54) is 11.1 Å². The van der Waals surface area contributed by atoms with Crippen molar-refractivity contribution in [1.29, 1.82) is 0 Å². The van der Waals surface area contributed by atoms with Crippen molar-refractivity contribution in [3.8, 4) is 0 Å². The number of fused-ring (bicyclic) bond motifs is 2. The van der Waals surface area contributed by atoms with Crippen molar-refractivity contribution < 1.29 is 0 Å². The number of nitrogens with one attached hydrogen (secondary N) is 1. The molecule has 0 spiro atoms. The summed E-state index contributed by atoms with van der Waals surface area (Å²) in [5, 5.41) is 3.24. The Morgan fingerprint density at radius 3 is 3.43 bits per heavy atom. The van der Waals surface area contributed by atoms with Gasteiger partial charge in [0, 0.05) is 12.6 Å². The molecule has 2 nitrogen and oxygen atoms in total. The Kier molecular flexibility index (Phi) is 1.45. The lowest BCUT2D eigenvalue weighted by Crippen LogP contribution is -2.14. The van der Waals surface area contributed by atoms with E-state index in [-0.39, 0.29) is 0 Å². The fourth-order valence-electron chi connectivity index (χ4n) is 1.70. The molecule has 1 aliphatic heterocycles. The normalized spacial score (nSPS) is 16.3. The van der Waals surface area contributed by atoms with Gasteiger partial charge in [0.2, 0.25) is 0 Å². The SMILES string of the molecule is C1=C=C2Nc3ncccc3CC2=CC=1. The van der Waals surface area contributed by atoms with Crippen LogP contribution in [0.5, 0.6) is 0 Å². The molecule has 1 aromatic rings. The first-order chi connectivity index (χ1) is 6.93. The Morgan fingerprint density at radius 1 is 1.43 bits per heavy atom. The van der Waals surface area contributed by atoms with Crippen molar-refractivity contribution in [2.75, 3.05) is 5.32 Å². The molecule has 1 N–H and O–H groups in total. The molecule has 0 radical (unpaired) electrons. The molecule has 2 heterocycles. The van der Waals surface area contributed by atoms with Gasteiger partial charge in [-0.2, -0.15) is 0 Å². The first-order valence-corrected chi connectivity index (χ1v) is 4.55. The molecule has 0 atom stereocenters. The Bertz CT molecular complexity index is 525. The van der Waals surface area contributed by atoms with E-state index in [4.69, 9.17) is 0 Å². The number of rotatable bonds is 0. The van der Waals surface area contributed by atoms with E-state index in [9.17, 15) is 0 Å². The zero-order valence-corrected chi connectivity index (χ0v) is 7.54. The highest BCUT2D eigenvalue weighted by atomic mass is 15.0. The second-order valence-corrected chi connectivity index (χ2v) is 3.32. The summed E-state index contributed by atoms with van der Waals surface area (Å²) < 4.78 is 0. The summed E-state index contributed by atoms with van der Waals surface area (Å²) in [6.07, 6.45) is 6.68. The van der Waals surface area contributed by atoms with Gasteiger partial charge < -0.3 is 5.32 Å². The second-order valence-electron chi connectivity index (χ2n) is 3.32. The molecule has 2 aliphatic rings. The van der Waals surface area contributed by atoms with Gasteiger partial charge in [-0.25, -0.2) is 4.98 Å². The maximum Gasteiger partial charge on any atom is 0.134 e. The topological polar surface area (TPSA) is 24.9 Å². The summed E-state index contributed by atoms with van der Waals surface area (Å²) >= 11 is 0. The van der Waals surface area contributed by atoms with E-state index in [1.54, 1.807) is 6.20 Å². The van der Waals surface area contributed by atoms with Crippen LogP contribution in [0, 0.1) is 0 Å². The molecule has 14 heavy (non-hydrogen) atoms. The third-order valence-electron chi connectivity index (χ3n) is 2.40. The maximum absolute atomic E-state index is 4.27. The largest absolute Gasteiger partial charge is 0.333 e. The highest BCUT2D eigenvalue weighted by Gasteiger charge is 2.17. The smallest absolute Gasteiger partial charge is 0.134 e. The first kappa shape index (κ1) is 7.40. The van der Waals surface area contributed by atoms with Gasteiger partial charge in [0.15, 0.2) is 0 Å². The van der Waals surface area contributed by atoms with Gasteiger partial charge in [0.1, 0.15) is 5.82 Å². The predicted octanol–water partition coefficient (Wildman–Crippen LogP) is 2.18. The van der Waals surface area contributed by atoms with Crippen LogP contribution >= 0.6 is 0 Å². The van der Waals surface area contributed by atoms with Gasteiger partial charge in [-0.15, -0.1) is 0 Å². The van der Waals surface area contributed by atoms with Crippen LogP contribution in [0.2, 0.25) is 0 Å². The number of hydrogen-bond acceptors (Lipinski definition) is 2. The highest BCUT2D eigenvalue weighted by Crippen LogP contribution is 2.28. The fourth-order valence-corrected chi connectivity index (χ4v) is 1.70. The molecule has 1 aromatic heterocycles. The van der Waals surface area contributed by atoms with E-state index in [0.29, 0.717) is 0 Å². The predicted molar refractivity (Wildman–Crippen MR) is 54.8 cm³/mol. The Hall–Kier alpha value is -2.01. The monoisotopic (exact) mass is 180 g/mol. The van der Waals surface area contributed by atoms with Gasteiger partial charge in [-0.3, -0.25) is 0 Å². The van der Waals surface area contributed by atoms with Gasteiger partial charge in [-0.1, -0.05) is 11.8 Å². The number of aromatic nitrogens is 1. The Labute approximate surface area is 82.0 Å². The summed E-state index contributed by atoms with van der Waals surface area (Å²) in [4.78, 5) is 4.27. The number of hydrogen-bond donors (Lipinski definition) is 1. The van der Waals surface area contributed by atoms with Crippen molar-refractivity contribution in [3.05, 3.63) is 58.8 Å². The standard InChI is InChI=1S/C12H8N2/c1-2-6-11-9(4-1)8-10-5-3-7-13-12(10)14-11/h1,3-5,7H,8H2,(H,13,14). The molecule has 0 amide bonds. The van der Waals surface area contributed by atoms with Crippen LogP contribution in [-0.4, -0.2) is 4.98 Å². The van der Waals surface area contributed by atoms with Gasteiger partial charge in [0.05, 0.1) is 5.70 Å². The molecule has 66 valence electrons. The molecule has 0 fully saturated rings. The van der Waals surface area contributed by atoms with Crippen LogP contribution in [0.3, 0.4) is 0 Å². The maximum atomic E-state index is 4.27. The number of anilines is 1. The number of allylic oxidation sites excluding steroid dienone is 3. The molecule has 1 aliphatic carbocycles. The summed E-state index contributed by atoms with van der Waals surface area (Å²) in [5.74, 6) is 0.941. The van der Waals surface area contributed by atoms with E-state index in [1.807, 2.05) is 12.1 Å². The van der Waals surface area contributed by atoms with Gasteiger partial charge >= 0.3 is 0 Å². The van der Waals surface area contributed by atoms with Crippen molar-refractivity contribution in [3.63, 3.8) is 0 Å². The lowest BCUT2D eigenvalue weighted by Gasteiger charge is -2.20. The lowest BCUT2D eigenvalue weighted by molar-refractivity contribution is 1.06. The molecule has 0 saturated carbocycles. The minimum atomic E-state index is 0.927. The van der Waals surface area contributed by atoms with Crippen molar-refractivity contribution in [1.82, 2.24) is 4.98 Å². The van der Waals surface area contributed by atoms with Crippen molar-refractivity contribution in [2.24, 2.45) is 0 Å². The van der Waals surface area contributed by atoms with Crippen LogP contribution in [-0.2, 0) is 6.42 Å².